The van der Waals surface area contributed by atoms with Crippen LogP contribution in [0.15, 0.2) is 53.9 Å². The van der Waals surface area contributed by atoms with Gasteiger partial charge in [-0.2, -0.15) is 0 Å². The van der Waals surface area contributed by atoms with Crippen LogP contribution in [0.3, 0.4) is 0 Å². The van der Waals surface area contributed by atoms with Crippen LogP contribution in [0.2, 0.25) is 0 Å². The number of carbonyl (C=O) groups excluding carboxylic acids is 11. The first-order chi connectivity index (χ1) is 54.2. The number of phenols is 1. The molecule has 1 saturated heterocycles. The van der Waals surface area contributed by atoms with Crippen molar-refractivity contribution in [2.45, 2.75) is 219 Å². The number of carbonyl (C=O) groups is 15. The number of nitrogens with one attached hydrogen (secondary N) is 11. The van der Waals surface area contributed by atoms with Crippen LogP contribution in [0.5, 0.6) is 5.75 Å². The number of phenolic OH excluding ortho intramolecular Hbond substituents is 1. The summed E-state index contributed by atoms with van der Waals surface area (Å²) >= 11 is 1.26. The van der Waals surface area contributed by atoms with Crippen molar-refractivity contribution >= 4 is 122 Å². The number of unbranched alkanes of at least 4 members (excludes halogenated alkanes) is 1. The van der Waals surface area contributed by atoms with Gasteiger partial charge in [-0.1, -0.05) is 112 Å². The lowest BCUT2D eigenvalue weighted by Crippen LogP contribution is -2.59. The van der Waals surface area contributed by atoms with Gasteiger partial charge in [-0.05, 0) is 132 Å². The number of hydrazine groups is 1. The van der Waals surface area contributed by atoms with E-state index in [0.717, 1.165) is 24.9 Å². The number of benzene rings is 2. The van der Waals surface area contributed by atoms with E-state index in [2.05, 4.69) is 63.7 Å². The molecule has 4 rings (SSSR count). The van der Waals surface area contributed by atoms with Crippen LogP contribution >= 0.6 is 32.9 Å². The van der Waals surface area contributed by atoms with Gasteiger partial charge in [0.05, 0.1) is 23.9 Å². The number of hydrogen-bond donors (Lipinski definition) is 16. The van der Waals surface area contributed by atoms with Crippen LogP contribution in [-0.4, -0.2) is 230 Å². The van der Waals surface area contributed by atoms with Gasteiger partial charge in [-0.3, -0.25) is 58.3 Å². The lowest BCUT2D eigenvalue weighted by atomic mass is 9.93. The lowest BCUT2D eigenvalue weighted by Gasteiger charge is -2.39. The maximum Gasteiger partial charge on any atom is 0.426 e. The fraction of sp³-hybridized carbons (Fsp3) is 0.600. The minimum atomic E-state index is -1.55. The van der Waals surface area contributed by atoms with Crippen molar-refractivity contribution in [3.8, 4) is 5.75 Å². The third-order valence-corrected chi connectivity index (χ3v) is 21.9. The van der Waals surface area contributed by atoms with E-state index in [0.29, 0.717) is 66.2 Å². The van der Waals surface area contributed by atoms with Crippen molar-refractivity contribution in [2.24, 2.45) is 17.8 Å². The van der Waals surface area contributed by atoms with Crippen molar-refractivity contribution in [3.63, 3.8) is 0 Å². The molecule has 3 aromatic rings. The smallest absolute Gasteiger partial charge is 0.426 e. The monoisotopic (exact) mass is 1660 g/mol. The van der Waals surface area contributed by atoms with Gasteiger partial charge in [-0.15, -0.1) is 11.3 Å². The molecule has 0 bridgehead atoms. The second-order valence-electron chi connectivity index (χ2n) is 28.1. The van der Waals surface area contributed by atoms with Crippen molar-refractivity contribution < 1.29 is 107 Å². The number of urea groups is 2. The summed E-state index contributed by atoms with van der Waals surface area (Å²) in [4.78, 5) is 199. The molecular weight excluding hydrogens is 1550 g/mol. The number of esters is 1. The summed E-state index contributed by atoms with van der Waals surface area (Å²) in [6.45, 7) is 13.4. The number of hydrogen-bond acceptors (Lipinski definition) is 23. The molecule has 2 aromatic carbocycles. The van der Waals surface area contributed by atoms with E-state index >= 15 is 0 Å². The number of likely N-dealkylation sites (tertiary alicyclic amines) is 1. The Balaban J connectivity index is 1.16. The predicted molar refractivity (Wildman–Crippen MR) is 423 cm³/mol. The van der Waals surface area contributed by atoms with E-state index in [4.69, 9.17) is 14.6 Å². The molecule has 36 nitrogen and oxygen atoms in total. The number of thiazole rings is 1. The molecule has 632 valence electrons. The molecule has 2 heterocycles. The van der Waals surface area contributed by atoms with Gasteiger partial charge in [0, 0.05) is 73.8 Å². The highest BCUT2D eigenvalue weighted by atomic mass is 33.1. The first-order valence-corrected chi connectivity index (χ1v) is 41.4. The molecule has 0 saturated carbocycles. The summed E-state index contributed by atoms with van der Waals surface area (Å²) in [5, 5.41) is 72.6. The van der Waals surface area contributed by atoms with Crippen molar-refractivity contribution in [1.82, 2.24) is 73.5 Å². The number of nitrogens with zero attached hydrogens (tertiary/aromatic N) is 3. The molecule has 0 spiro atoms. The maximum absolute atomic E-state index is 14.8. The SMILES string of the molecule is CCCC(=O)OCN(C(=O)[C@@H](NC(=O)[C@H]1CCCCN1C)C(C)CC)[C@H](CCc1nc(C(=O)N[C@@H](Cc2ccc(O)cc2)C[C@H](C)C(=O)NNC(=O)OCCSSCCNC(=O)[C@H](C)NC(=O)[C@H](CC(=O)O)NC(=O)Cc2ccc(CNC(=O)NCCCC[C@H](NC(=O)N[C@@H](CCCC(=O)O)C(=O)O)C(=O)O)cc2)cs1)C(C)C. The van der Waals surface area contributed by atoms with Crippen molar-refractivity contribution in [2.75, 3.05) is 51.5 Å². The Morgan fingerprint density at radius 2 is 1.32 bits per heavy atom. The molecule has 10 atom stereocenters. The number of aromatic hydroxyl groups is 1. The molecule has 0 aliphatic carbocycles. The Bertz CT molecular complexity index is 3670. The van der Waals surface area contributed by atoms with E-state index in [9.17, 15) is 92.3 Å². The number of rotatable bonds is 51. The normalized spacial score (nSPS) is 15.0. The Morgan fingerprint density at radius 1 is 0.658 bits per heavy atom. The Hall–Kier alpha value is -10.0. The molecule has 1 aliphatic rings. The standard InChI is InChI=1S/C75H112N14O22S3/c1-9-16-63(96)111-43-89(70(102)64(45(5)10-2)85-69(101)58-19-12-14-33-88(58)8)57(44(3)4)29-30-60-82-56(42-112-60)68(100)80-51(38-48-25-27-52(90)28-26-48)37-46(6)65(97)86-87-75(109)110-34-36-114-113-35-32-76-66(98)47(7)79-67(99)55(40-62(94)95)81-59(91)39-49-21-23-50(24-22-49)41-78-73(107)77-31-13-11-17-53(71(103)104)83-74(108)84-54(72(105)106)18-15-20-61(92)93/h21-28,42,44-47,51,53-55,57-58,64,90H,9-20,29-41,43H2,1-8H3,(H,76,98)(H,79,99)(H,80,100)(H,81,91)(H,85,101)(H,86,97)(H,87,109)(H,92,93)(H,94,95)(H,103,104)(H,105,106)(H2,77,78,107)(H2,83,84,108)/t45?,46-,47-,51+,53-,54-,55-,57+,58+,64-/m0/s1. The minimum absolute atomic E-state index is 0.0318. The number of aliphatic carboxylic acids is 4. The summed E-state index contributed by atoms with van der Waals surface area (Å²) < 4.78 is 10.9. The average Bonchev–Trinajstić information content (AvgIpc) is 0.829. The van der Waals surface area contributed by atoms with Crippen molar-refractivity contribution in [3.05, 3.63) is 81.3 Å². The van der Waals surface area contributed by atoms with E-state index in [1.54, 1.807) is 53.6 Å². The number of aromatic nitrogens is 1. The van der Waals surface area contributed by atoms with E-state index in [1.165, 1.54) is 52.0 Å². The topological polar surface area (TPSA) is 527 Å². The molecular formula is C75H112N14O22S3. The number of likely N-dealkylation sites (N-methyl/N-ethyl adjacent to an activating group) is 1. The number of aryl methyl sites for hydroxylation is 1. The van der Waals surface area contributed by atoms with Gasteiger partial charge >= 0.3 is 48.0 Å². The molecule has 16 N–H and O–H groups in total. The van der Waals surface area contributed by atoms with Crippen LogP contribution in [0.1, 0.15) is 177 Å². The Morgan fingerprint density at radius 3 is 1.95 bits per heavy atom. The van der Waals surface area contributed by atoms with Crippen LogP contribution in [0.4, 0.5) is 14.4 Å². The van der Waals surface area contributed by atoms with Gasteiger partial charge in [0.1, 0.15) is 48.3 Å². The predicted octanol–water partition coefficient (Wildman–Crippen LogP) is 4.71. The number of piperidine rings is 1. The first-order valence-electron chi connectivity index (χ1n) is 38.1. The summed E-state index contributed by atoms with van der Waals surface area (Å²) in [5.74, 6) is -10.1. The Kier molecular flexibility index (Phi) is 43.7. The molecule has 114 heavy (non-hydrogen) atoms. The zero-order chi connectivity index (χ0) is 84.4. The lowest BCUT2D eigenvalue weighted by molar-refractivity contribution is -0.159. The highest BCUT2D eigenvalue weighted by molar-refractivity contribution is 8.76. The molecule has 39 heteroatoms. The number of amides is 12. The Labute approximate surface area is 674 Å². The van der Waals surface area contributed by atoms with Crippen LogP contribution in [-0.2, 0) is 88.0 Å². The summed E-state index contributed by atoms with van der Waals surface area (Å²) in [5.41, 5.74) is 6.57. The molecule has 12 amide bonds. The average molecular weight is 1660 g/mol. The largest absolute Gasteiger partial charge is 0.508 e. The number of carboxylic acids is 4. The molecule has 1 fully saturated rings. The summed E-state index contributed by atoms with van der Waals surface area (Å²) in [7, 11) is 4.55. The quantitative estimate of drug-likeness (QED) is 0.0120. The third-order valence-electron chi connectivity index (χ3n) is 18.6. The van der Waals surface area contributed by atoms with Gasteiger partial charge in [0.15, 0.2) is 6.73 Å². The molecule has 1 aromatic heterocycles. The zero-order valence-corrected chi connectivity index (χ0v) is 68.1. The highest BCUT2D eigenvalue weighted by Crippen LogP contribution is 2.26. The third kappa shape index (κ3) is 36.9. The highest BCUT2D eigenvalue weighted by Gasteiger charge is 2.38. The van der Waals surface area contributed by atoms with Crippen LogP contribution in [0.25, 0.3) is 0 Å². The van der Waals surface area contributed by atoms with Crippen LogP contribution in [0, 0.1) is 17.8 Å². The molecule has 0 radical (unpaired) electrons. The fourth-order valence-electron chi connectivity index (χ4n) is 12.0. The van der Waals surface area contributed by atoms with E-state index in [1.807, 2.05) is 46.6 Å². The second-order valence-corrected chi connectivity index (χ2v) is 31.8. The van der Waals surface area contributed by atoms with Crippen molar-refractivity contribution in [1.29, 1.82) is 0 Å². The van der Waals surface area contributed by atoms with Gasteiger partial charge in [0.2, 0.25) is 35.4 Å². The number of carboxylic acid groups (broad SMARTS) is 4. The zero-order valence-electron chi connectivity index (χ0n) is 65.7. The van der Waals surface area contributed by atoms with E-state index < -0.39 is 132 Å². The van der Waals surface area contributed by atoms with Gasteiger partial charge in [0.25, 0.3) is 5.91 Å². The fourth-order valence-corrected chi connectivity index (χ4v) is 14.5. The summed E-state index contributed by atoms with van der Waals surface area (Å²) in [6, 6.07) is 3.34. The minimum Gasteiger partial charge on any atom is -0.508 e. The summed E-state index contributed by atoms with van der Waals surface area (Å²) in [6.07, 6.45) is 2.93. The van der Waals surface area contributed by atoms with Gasteiger partial charge < -0.3 is 87.8 Å². The van der Waals surface area contributed by atoms with E-state index in [-0.39, 0.29) is 132 Å². The van der Waals surface area contributed by atoms with Gasteiger partial charge in [-0.25, -0.2) is 34.4 Å². The van der Waals surface area contributed by atoms with Crippen LogP contribution < -0.4 is 58.7 Å². The molecule has 1 unspecified atom stereocenters. The molecule has 1 aliphatic heterocycles. The maximum atomic E-state index is 14.8. The second kappa shape index (κ2) is 51.7. The first kappa shape index (κ1) is 96.3. The number of ether oxygens (including phenoxy) is 2.